The fourth-order valence-electron chi connectivity index (χ4n) is 0.247. The molecule has 0 rings (SSSR count). The molecule has 10 heavy (non-hydrogen) atoms. The molecule has 0 aromatic rings. The van der Waals surface area contributed by atoms with Crippen molar-refractivity contribution < 1.29 is 19.8 Å². The summed E-state index contributed by atoms with van der Waals surface area (Å²) in [6.45, 7) is 1.22. The second-order valence-electron chi connectivity index (χ2n) is 1.47. The van der Waals surface area contributed by atoms with Crippen LogP contribution in [0.2, 0.25) is 0 Å². The number of aliphatic carboxylic acids is 2. The standard InChI is InChI=1S/C5H6O4.H3N/c1-3(5(8)9)2-4(6)7;/h2H,1H3,(H,6,7)(H,8,9);1H3/b3-2-;. The van der Waals surface area contributed by atoms with E-state index in [-0.39, 0.29) is 11.7 Å². The molecule has 0 amide bonds. The molecule has 0 atom stereocenters. The zero-order chi connectivity index (χ0) is 7.44. The van der Waals surface area contributed by atoms with Gasteiger partial charge in [0.25, 0.3) is 0 Å². The van der Waals surface area contributed by atoms with Crippen LogP contribution < -0.4 is 6.15 Å². The maximum atomic E-state index is 9.90. The van der Waals surface area contributed by atoms with Crippen LogP contribution in [0, 0.1) is 0 Å². The van der Waals surface area contributed by atoms with Crippen molar-refractivity contribution in [2.75, 3.05) is 0 Å². The molecule has 0 aromatic carbocycles. The van der Waals surface area contributed by atoms with Gasteiger partial charge in [-0.2, -0.15) is 0 Å². The van der Waals surface area contributed by atoms with Gasteiger partial charge in [-0.25, -0.2) is 9.59 Å². The summed E-state index contributed by atoms with van der Waals surface area (Å²) in [5.74, 6) is -2.45. The van der Waals surface area contributed by atoms with E-state index in [1.165, 1.54) is 6.92 Å². The van der Waals surface area contributed by atoms with Crippen molar-refractivity contribution in [1.82, 2.24) is 6.15 Å². The van der Waals surface area contributed by atoms with E-state index in [9.17, 15) is 9.59 Å². The monoisotopic (exact) mass is 147 g/mol. The van der Waals surface area contributed by atoms with Crippen LogP contribution in [0.25, 0.3) is 0 Å². The van der Waals surface area contributed by atoms with Crippen LogP contribution in [0.4, 0.5) is 0 Å². The van der Waals surface area contributed by atoms with E-state index in [4.69, 9.17) is 10.2 Å². The van der Waals surface area contributed by atoms with E-state index in [1.807, 2.05) is 0 Å². The molecule has 58 valence electrons. The summed E-state index contributed by atoms with van der Waals surface area (Å²) >= 11 is 0. The normalized spacial score (nSPS) is 9.90. The molecule has 0 aliphatic heterocycles. The topological polar surface area (TPSA) is 110 Å². The van der Waals surface area contributed by atoms with E-state index in [1.54, 1.807) is 0 Å². The van der Waals surface area contributed by atoms with Crippen molar-refractivity contribution in [3.05, 3.63) is 11.6 Å². The van der Waals surface area contributed by atoms with Crippen LogP contribution in [0.1, 0.15) is 6.92 Å². The Bertz CT molecular complexity index is 172. The van der Waals surface area contributed by atoms with Crippen molar-refractivity contribution in [2.45, 2.75) is 6.92 Å². The Morgan fingerprint density at radius 2 is 1.70 bits per heavy atom. The molecule has 0 aliphatic carbocycles. The van der Waals surface area contributed by atoms with Crippen LogP contribution >= 0.6 is 0 Å². The lowest BCUT2D eigenvalue weighted by Gasteiger charge is -1.86. The van der Waals surface area contributed by atoms with Gasteiger partial charge in [0.1, 0.15) is 0 Å². The number of carbonyl (C=O) groups is 2. The van der Waals surface area contributed by atoms with Gasteiger partial charge in [0, 0.05) is 11.6 Å². The Morgan fingerprint density at radius 1 is 1.30 bits per heavy atom. The zero-order valence-electron chi connectivity index (χ0n) is 5.50. The molecule has 0 bridgehead atoms. The van der Waals surface area contributed by atoms with Gasteiger partial charge < -0.3 is 16.4 Å². The van der Waals surface area contributed by atoms with Gasteiger partial charge in [-0.1, -0.05) is 0 Å². The highest BCUT2D eigenvalue weighted by Gasteiger charge is 2.00. The maximum Gasteiger partial charge on any atom is 0.331 e. The third-order valence-corrected chi connectivity index (χ3v) is 0.677. The first kappa shape index (κ1) is 11.4. The van der Waals surface area contributed by atoms with Crippen molar-refractivity contribution in [2.24, 2.45) is 0 Å². The minimum absolute atomic E-state index is 0. The van der Waals surface area contributed by atoms with Gasteiger partial charge >= 0.3 is 11.9 Å². The Morgan fingerprint density at radius 3 is 1.80 bits per heavy atom. The van der Waals surface area contributed by atoms with Gasteiger partial charge in [0.15, 0.2) is 0 Å². The molecule has 5 N–H and O–H groups in total. The predicted octanol–water partition coefficient (Wildman–Crippen LogP) is 0.264. The van der Waals surface area contributed by atoms with Crippen LogP contribution in [-0.4, -0.2) is 22.2 Å². The van der Waals surface area contributed by atoms with Gasteiger partial charge in [-0.3, -0.25) is 0 Å². The van der Waals surface area contributed by atoms with Crippen molar-refractivity contribution >= 4 is 11.9 Å². The first-order chi connectivity index (χ1) is 4.04. The minimum Gasteiger partial charge on any atom is -0.478 e. The highest BCUT2D eigenvalue weighted by molar-refractivity contribution is 5.93. The van der Waals surface area contributed by atoms with Gasteiger partial charge in [-0.15, -0.1) is 0 Å². The molecular formula is C5H9NO4. The van der Waals surface area contributed by atoms with E-state index >= 15 is 0 Å². The van der Waals surface area contributed by atoms with E-state index in [0.717, 1.165) is 0 Å². The SMILES string of the molecule is C/C(=C/C(=O)O)C(=O)O.N. The lowest BCUT2D eigenvalue weighted by Crippen LogP contribution is -1.99. The number of rotatable bonds is 2. The molecule has 0 fully saturated rings. The first-order valence-electron chi connectivity index (χ1n) is 2.18. The van der Waals surface area contributed by atoms with Crippen molar-refractivity contribution in [3.8, 4) is 0 Å². The molecule has 0 unspecified atom stereocenters. The summed E-state index contributed by atoms with van der Waals surface area (Å²) in [5.41, 5.74) is -0.178. The molecule has 0 radical (unpaired) electrons. The summed E-state index contributed by atoms with van der Waals surface area (Å²) in [6.07, 6.45) is 0.641. The van der Waals surface area contributed by atoms with Crippen LogP contribution in [0.5, 0.6) is 0 Å². The maximum absolute atomic E-state index is 9.90. The predicted molar refractivity (Wildman–Crippen MR) is 34.1 cm³/mol. The van der Waals surface area contributed by atoms with E-state index in [0.29, 0.717) is 6.08 Å². The Labute approximate surface area is 57.6 Å². The average molecular weight is 147 g/mol. The molecule has 5 heteroatoms. The molecule has 5 nitrogen and oxygen atoms in total. The average Bonchev–Trinajstić information content (AvgIpc) is 1.63. The second-order valence-corrected chi connectivity index (χ2v) is 1.47. The lowest BCUT2D eigenvalue weighted by molar-refractivity contribution is -0.135. The summed E-state index contributed by atoms with van der Waals surface area (Å²) in [5, 5.41) is 16.1. The van der Waals surface area contributed by atoms with Crippen LogP contribution in [0.15, 0.2) is 11.6 Å². The zero-order valence-corrected chi connectivity index (χ0v) is 5.50. The second kappa shape index (κ2) is 4.51. The summed E-state index contributed by atoms with van der Waals surface area (Å²) < 4.78 is 0. The van der Waals surface area contributed by atoms with Crippen molar-refractivity contribution in [1.29, 1.82) is 0 Å². The van der Waals surface area contributed by atoms with Gasteiger partial charge in [0.2, 0.25) is 0 Å². The minimum atomic E-state index is -1.24. The smallest absolute Gasteiger partial charge is 0.331 e. The van der Waals surface area contributed by atoms with Gasteiger partial charge in [0.05, 0.1) is 0 Å². The Balaban J connectivity index is 0. The van der Waals surface area contributed by atoms with Gasteiger partial charge in [-0.05, 0) is 6.92 Å². The quantitative estimate of drug-likeness (QED) is 0.485. The number of carboxylic acid groups (broad SMARTS) is 2. The summed E-state index contributed by atoms with van der Waals surface area (Å²) in [4.78, 5) is 19.7. The molecule has 0 aliphatic rings. The molecular weight excluding hydrogens is 138 g/mol. The largest absolute Gasteiger partial charge is 0.478 e. The Kier molecular flexibility index (Phi) is 5.16. The molecule has 0 spiro atoms. The van der Waals surface area contributed by atoms with Crippen LogP contribution in [-0.2, 0) is 9.59 Å². The highest BCUT2D eigenvalue weighted by Crippen LogP contribution is 1.89. The number of hydrogen-bond donors (Lipinski definition) is 3. The fraction of sp³-hybridized carbons (Fsp3) is 0.200. The molecule has 0 saturated heterocycles. The molecule has 0 aromatic heterocycles. The summed E-state index contributed by atoms with van der Waals surface area (Å²) in [6, 6.07) is 0. The molecule has 0 heterocycles. The van der Waals surface area contributed by atoms with Crippen LogP contribution in [0.3, 0.4) is 0 Å². The molecule has 0 saturated carbocycles. The fourth-order valence-corrected chi connectivity index (χ4v) is 0.247. The van der Waals surface area contributed by atoms with E-state index in [2.05, 4.69) is 0 Å². The third-order valence-electron chi connectivity index (χ3n) is 0.677. The number of carboxylic acids is 2. The lowest BCUT2D eigenvalue weighted by atomic mass is 10.3. The number of hydrogen-bond acceptors (Lipinski definition) is 3. The third kappa shape index (κ3) is 4.79. The Hall–Kier alpha value is -1.36. The van der Waals surface area contributed by atoms with Crippen molar-refractivity contribution in [3.63, 3.8) is 0 Å². The summed E-state index contributed by atoms with van der Waals surface area (Å²) in [7, 11) is 0. The highest BCUT2D eigenvalue weighted by atomic mass is 16.4. The van der Waals surface area contributed by atoms with E-state index < -0.39 is 11.9 Å². The first-order valence-corrected chi connectivity index (χ1v) is 2.18.